The molecular formula is C16H18N4O3. The number of rotatable bonds is 5. The van der Waals surface area contributed by atoms with E-state index in [9.17, 15) is 10.3 Å². The maximum atomic E-state index is 11.8. The van der Waals surface area contributed by atoms with Crippen LogP contribution in [0.1, 0.15) is 5.69 Å². The number of ether oxygens (including phenoxy) is 1. The number of nitrogens with one attached hydrogen (secondary N) is 1. The number of fused-ring (bicyclic) bond motifs is 1. The van der Waals surface area contributed by atoms with Gasteiger partial charge >= 0.3 is 0 Å². The van der Waals surface area contributed by atoms with Crippen molar-refractivity contribution in [2.75, 3.05) is 13.8 Å². The van der Waals surface area contributed by atoms with Crippen molar-refractivity contribution in [3.63, 3.8) is 0 Å². The highest BCUT2D eigenvalue weighted by Crippen LogP contribution is 2.29. The van der Waals surface area contributed by atoms with Crippen molar-refractivity contribution >= 4 is 16.7 Å². The average Bonchev–Trinajstić information content (AvgIpc) is 2.95. The van der Waals surface area contributed by atoms with Crippen LogP contribution in [0.3, 0.4) is 0 Å². The minimum atomic E-state index is -0.140. The lowest BCUT2D eigenvalue weighted by molar-refractivity contribution is -0.801. The molecule has 0 bridgehead atoms. The zero-order valence-electron chi connectivity index (χ0n) is 13.0. The fraction of sp³-hybridized carbons (Fsp3) is 0.250. The number of methoxy groups -OCH3 is 1. The first kappa shape index (κ1) is 15.6. The number of aliphatic hydroxyl groups excluding tert-OH is 1. The summed E-state index contributed by atoms with van der Waals surface area (Å²) in [6.07, 6.45) is 1.75. The minimum Gasteiger partial charge on any atom is -0.627 e. The van der Waals surface area contributed by atoms with Gasteiger partial charge in [-0.3, -0.25) is 4.68 Å². The Bertz CT molecular complexity index is 814. The zero-order chi connectivity index (χ0) is 16.4. The molecule has 7 nitrogen and oxygen atoms in total. The molecule has 0 spiro atoms. The van der Waals surface area contributed by atoms with E-state index in [1.54, 1.807) is 23.0 Å². The minimum absolute atomic E-state index is 0.0589. The smallest absolute Gasteiger partial charge is 0.185 e. The molecule has 1 unspecified atom stereocenters. The van der Waals surface area contributed by atoms with Crippen LogP contribution in [0.25, 0.3) is 22.2 Å². The van der Waals surface area contributed by atoms with Crippen LogP contribution in [0, 0.1) is 5.21 Å². The molecule has 7 heteroatoms. The second-order valence-electron chi connectivity index (χ2n) is 5.26. The number of hydroxylamine groups is 1. The highest BCUT2D eigenvalue weighted by molar-refractivity contribution is 5.92. The Balaban J connectivity index is 2.06. The summed E-state index contributed by atoms with van der Waals surface area (Å²) in [7, 11) is 3.31. The van der Waals surface area contributed by atoms with Crippen LogP contribution in [0.5, 0.6) is 0 Å². The number of aryl methyl sites for hydroxylation is 1. The molecule has 2 aromatic heterocycles. The Hall–Kier alpha value is -2.32. The number of aromatic nitrogens is 3. The molecule has 0 saturated carbocycles. The fourth-order valence-corrected chi connectivity index (χ4v) is 2.54. The van der Waals surface area contributed by atoms with Crippen LogP contribution in [0.15, 0.2) is 36.5 Å². The number of pyridine rings is 1. The van der Waals surface area contributed by atoms with Gasteiger partial charge in [0.05, 0.1) is 18.5 Å². The summed E-state index contributed by atoms with van der Waals surface area (Å²) in [5, 5.41) is 26.3. The third kappa shape index (κ3) is 2.95. The molecule has 1 atom stereocenters. The van der Waals surface area contributed by atoms with E-state index in [2.05, 4.69) is 10.1 Å². The monoisotopic (exact) mass is 314 g/mol. The van der Waals surface area contributed by atoms with E-state index in [1.165, 1.54) is 7.11 Å². The van der Waals surface area contributed by atoms with Crippen LogP contribution >= 0.6 is 0 Å². The van der Waals surface area contributed by atoms with Gasteiger partial charge < -0.3 is 20.1 Å². The van der Waals surface area contributed by atoms with Gasteiger partial charge in [-0.25, -0.2) is 4.98 Å². The van der Waals surface area contributed by atoms with E-state index in [1.807, 2.05) is 25.2 Å². The Morgan fingerprint density at radius 1 is 1.30 bits per heavy atom. The molecule has 0 aliphatic heterocycles. The second-order valence-corrected chi connectivity index (χ2v) is 5.26. The van der Waals surface area contributed by atoms with Crippen molar-refractivity contribution < 1.29 is 14.9 Å². The second kappa shape index (κ2) is 6.43. The molecule has 0 saturated heterocycles. The van der Waals surface area contributed by atoms with E-state index in [-0.39, 0.29) is 18.4 Å². The van der Waals surface area contributed by atoms with Crippen molar-refractivity contribution in [1.82, 2.24) is 14.8 Å². The normalized spacial score (nSPS) is 12.7. The Morgan fingerprint density at radius 3 is 2.70 bits per heavy atom. The Labute approximate surface area is 133 Å². The maximum absolute atomic E-state index is 11.8. The molecule has 120 valence electrons. The van der Waals surface area contributed by atoms with E-state index >= 15 is 0 Å². The van der Waals surface area contributed by atoms with E-state index < -0.39 is 0 Å². The number of quaternary nitrogens is 1. The molecule has 23 heavy (non-hydrogen) atoms. The van der Waals surface area contributed by atoms with Crippen molar-refractivity contribution in [2.24, 2.45) is 7.05 Å². The van der Waals surface area contributed by atoms with Crippen LogP contribution < -0.4 is 5.06 Å². The largest absolute Gasteiger partial charge is 0.627 e. The highest BCUT2D eigenvalue weighted by Gasteiger charge is 2.12. The van der Waals surface area contributed by atoms with Gasteiger partial charge in [-0.1, -0.05) is 0 Å². The van der Waals surface area contributed by atoms with Gasteiger partial charge in [-0.2, -0.15) is 5.10 Å². The molecule has 0 amide bonds. The number of benzene rings is 1. The molecule has 1 aromatic carbocycles. The van der Waals surface area contributed by atoms with Crippen molar-refractivity contribution in [3.05, 3.63) is 47.4 Å². The summed E-state index contributed by atoms with van der Waals surface area (Å²) in [5.41, 5.74) is 3.77. The summed E-state index contributed by atoms with van der Waals surface area (Å²) in [6, 6.07) is 9.16. The van der Waals surface area contributed by atoms with E-state index in [0.29, 0.717) is 17.0 Å². The summed E-state index contributed by atoms with van der Waals surface area (Å²) in [5.74, 6) is 0. The van der Waals surface area contributed by atoms with Crippen LogP contribution in [-0.2, 0) is 18.4 Å². The summed E-state index contributed by atoms with van der Waals surface area (Å²) in [4.78, 5) is 4.39. The summed E-state index contributed by atoms with van der Waals surface area (Å²) in [6.45, 7) is -0.0748. The van der Waals surface area contributed by atoms with Gasteiger partial charge in [0, 0.05) is 31.7 Å². The average molecular weight is 314 g/mol. The molecule has 3 rings (SSSR count). The lowest BCUT2D eigenvalue weighted by Gasteiger charge is -2.20. The first-order chi connectivity index (χ1) is 11.1. The van der Waals surface area contributed by atoms with Crippen LogP contribution in [0.2, 0.25) is 0 Å². The predicted molar refractivity (Wildman–Crippen MR) is 85.7 cm³/mol. The fourth-order valence-electron chi connectivity index (χ4n) is 2.54. The van der Waals surface area contributed by atoms with Gasteiger partial charge in [-0.15, -0.1) is 0 Å². The molecule has 0 aliphatic carbocycles. The molecule has 0 aliphatic rings. The molecule has 3 aromatic rings. The molecule has 0 radical (unpaired) electrons. The highest BCUT2D eigenvalue weighted by atomic mass is 16.6. The van der Waals surface area contributed by atoms with E-state index in [0.717, 1.165) is 16.5 Å². The quantitative estimate of drug-likeness (QED) is 0.536. The standard InChI is InChI=1S/C16H18N4O3/c1-19-16-15(8-17-19)14(7-12(9-21)18-16)11-3-5-13(6-4-11)20(22)10-23-2/h3-8,20-21H,9-10H2,1-2H3. The number of hydrogen-bond donors (Lipinski definition) is 2. The third-order valence-corrected chi connectivity index (χ3v) is 3.71. The van der Waals surface area contributed by atoms with Gasteiger partial charge in [-0.05, 0) is 29.3 Å². The first-order valence-corrected chi connectivity index (χ1v) is 7.19. The zero-order valence-corrected chi connectivity index (χ0v) is 13.0. The third-order valence-electron chi connectivity index (χ3n) is 3.71. The summed E-state index contributed by atoms with van der Waals surface area (Å²) >= 11 is 0. The topological polar surface area (TPSA) is 87.7 Å². The van der Waals surface area contributed by atoms with Crippen molar-refractivity contribution in [1.29, 1.82) is 0 Å². The predicted octanol–water partition coefficient (Wildman–Crippen LogP) is 0.746. The molecule has 0 fully saturated rings. The lowest BCUT2D eigenvalue weighted by Crippen LogP contribution is -3.02. The van der Waals surface area contributed by atoms with Gasteiger partial charge in [0.25, 0.3) is 0 Å². The number of hydrogen-bond acceptors (Lipinski definition) is 5. The summed E-state index contributed by atoms with van der Waals surface area (Å²) < 4.78 is 6.54. The van der Waals surface area contributed by atoms with Gasteiger partial charge in [0.2, 0.25) is 0 Å². The maximum Gasteiger partial charge on any atom is 0.185 e. The van der Waals surface area contributed by atoms with Crippen LogP contribution in [0.4, 0.5) is 5.69 Å². The number of aliphatic hydroxyl groups is 1. The SMILES string of the molecule is COC[NH+]([O-])c1ccc(-c2cc(CO)nc3c2cnn3C)cc1. The van der Waals surface area contributed by atoms with Crippen LogP contribution in [-0.4, -0.2) is 33.7 Å². The first-order valence-electron chi connectivity index (χ1n) is 7.19. The molecular weight excluding hydrogens is 296 g/mol. The van der Waals surface area contributed by atoms with Crippen molar-refractivity contribution in [3.8, 4) is 11.1 Å². The molecule has 2 N–H and O–H groups in total. The number of nitrogens with zero attached hydrogens (tertiary/aromatic N) is 3. The Kier molecular flexibility index (Phi) is 4.35. The van der Waals surface area contributed by atoms with E-state index in [4.69, 9.17) is 4.74 Å². The van der Waals surface area contributed by atoms with Crippen molar-refractivity contribution in [2.45, 2.75) is 6.61 Å². The molecule has 2 heterocycles. The lowest BCUT2D eigenvalue weighted by atomic mass is 10.0. The van der Waals surface area contributed by atoms with Gasteiger partial charge in [0.1, 0.15) is 5.69 Å². The van der Waals surface area contributed by atoms with Gasteiger partial charge in [0.15, 0.2) is 12.4 Å². The Morgan fingerprint density at radius 2 is 2.04 bits per heavy atom.